The number of rotatable bonds is 3. The fourth-order valence-electron chi connectivity index (χ4n) is 1.84. The molecular formula is C9H12N4OS. The summed E-state index contributed by atoms with van der Waals surface area (Å²) in [6, 6.07) is 0.514. The molecule has 0 amide bonds. The van der Waals surface area contributed by atoms with Gasteiger partial charge in [-0.1, -0.05) is 11.8 Å². The molecule has 1 heterocycles. The van der Waals surface area contributed by atoms with Crippen LogP contribution < -0.4 is 0 Å². The van der Waals surface area contributed by atoms with Crippen molar-refractivity contribution in [1.82, 2.24) is 20.2 Å². The van der Waals surface area contributed by atoms with Crippen molar-refractivity contribution in [2.24, 2.45) is 0 Å². The zero-order valence-corrected chi connectivity index (χ0v) is 9.11. The quantitative estimate of drug-likeness (QED) is 0.772. The second-order valence-electron chi connectivity index (χ2n) is 4.16. The largest absolute Gasteiger partial charge is 0.300 e. The summed E-state index contributed by atoms with van der Waals surface area (Å²) in [5, 5.41) is 13.0. The molecule has 1 aromatic rings. The SMILES string of the molecule is O=C1CCC(Sc2nnnn2C2CC2)C1. The number of carbonyl (C=O) groups is 1. The predicted octanol–water partition coefficient (Wildman–Crippen LogP) is 1.22. The van der Waals surface area contributed by atoms with E-state index in [-0.39, 0.29) is 0 Å². The van der Waals surface area contributed by atoms with Crippen molar-refractivity contribution in [3.8, 4) is 0 Å². The van der Waals surface area contributed by atoms with E-state index in [0.29, 0.717) is 23.5 Å². The Hall–Kier alpha value is -0.910. The van der Waals surface area contributed by atoms with Gasteiger partial charge in [-0.15, -0.1) is 5.10 Å². The van der Waals surface area contributed by atoms with E-state index < -0.39 is 0 Å². The Labute approximate surface area is 91.6 Å². The summed E-state index contributed by atoms with van der Waals surface area (Å²) in [5.74, 6) is 0.373. The summed E-state index contributed by atoms with van der Waals surface area (Å²) in [6.45, 7) is 0. The van der Waals surface area contributed by atoms with E-state index in [4.69, 9.17) is 0 Å². The van der Waals surface area contributed by atoms with Crippen LogP contribution in [0.4, 0.5) is 0 Å². The molecule has 0 spiro atoms. The van der Waals surface area contributed by atoms with E-state index in [2.05, 4.69) is 15.5 Å². The zero-order valence-electron chi connectivity index (χ0n) is 8.30. The van der Waals surface area contributed by atoms with E-state index in [9.17, 15) is 4.79 Å². The average Bonchev–Trinajstić information content (AvgIpc) is 2.83. The van der Waals surface area contributed by atoms with E-state index in [0.717, 1.165) is 18.0 Å². The minimum Gasteiger partial charge on any atom is -0.300 e. The van der Waals surface area contributed by atoms with Crippen LogP contribution in [0.15, 0.2) is 5.16 Å². The van der Waals surface area contributed by atoms with Gasteiger partial charge in [0.2, 0.25) is 5.16 Å². The van der Waals surface area contributed by atoms with Crippen molar-refractivity contribution in [3.63, 3.8) is 0 Å². The maximum atomic E-state index is 11.1. The van der Waals surface area contributed by atoms with Crippen molar-refractivity contribution >= 4 is 17.5 Å². The number of tetrazole rings is 1. The molecule has 2 saturated carbocycles. The van der Waals surface area contributed by atoms with Crippen molar-refractivity contribution in [3.05, 3.63) is 0 Å². The van der Waals surface area contributed by atoms with E-state index in [1.54, 1.807) is 11.8 Å². The number of aromatic nitrogens is 4. The smallest absolute Gasteiger partial charge is 0.209 e. The van der Waals surface area contributed by atoms with Gasteiger partial charge in [0.05, 0.1) is 6.04 Å². The molecule has 2 aliphatic carbocycles. The lowest BCUT2D eigenvalue weighted by atomic mass is 10.4. The fraction of sp³-hybridized carbons (Fsp3) is 0.778. The van der Waals surface area contributed by atoms with E-state index >= 15 is 0 Å². The second-order valence-corrected chi connectivity index (χ2v) is 5.43. The summed E-state index contributed by atoms with van der Waals surface area (Å²) in [5.41, 5.74) is 0. The Kier molecular flexibility index (Phi) is 2.23. The molecule has 0 N–H and O–H groups in total. The summed E-state index contributed by atoms with van der Waals surface area (Å²) in [6.07, 6.45) is 4.75. The van der Waals surface area contributed by atoms with Gasteiger partial charge in [0, 0.05) is 18.1 Å². The molecule has 5 nitrogen and oxygen atoms in total. The van der Waals surface area contributed by atoms with Crippen LogP contribution in [-0.2, 0) is 4.79 Å². The highest BCUT2D eigenvalue weighted by molar-refractivity contribution is 7.99. The van der Waals surface area contributed by atoms with Gasteiger partial charge in [0.15, 0.2) is 0 Å². The Balaban J connectivity index is 1.70. The first-order valence-electron chi connectivity index (χ1n) is 5.29. The van der Waals surface area contributed by atoms with Crippen LogP contribution in [-0.4, -0.2) is 31.2 Å². The number of hydrogen-bond acceptors (Lipinski definition) is 5. The van der Waals surface area contributed by atoms with Gasteiger partial charge in [-0.25, -0.2) is 4.68 Å². The molecule has 1 atom stereocenters. The molecule has 1 unspecified atom stereocenters. The van der Waals surface area contributed by atoms with Crippen LogP contribution in [0.25, 0.3) is 0 Å². The maximum Gasteiger partial charge on any atom is 0.209 e. The molecule has 2 fully saturated rings. The van der Waals surface area contributed by atoms with Gasteiger partial charge in [-0.2, -0.15) is 0 Å². The second kappa shape index (κ2) is 3.59. The first kappa shape index (κ1) is 9.33. The van der Waals surface area contributed by atoms with Gasteiger partial charge in [0.25, 0.3) is 0 Å². The van der Waals surface area contributed by atoms with E-state index in [1.165, 1.54) is 12.8 Å². The first-order chi connectivity index (χ1) is 7.33. The van der Waals surface area contributed by atoms with Crippen LogP contribution in [0, 0.1) is 0 Å². The Morgan fingerprint density at radius 1 is 1.33 bits per heavy atom. The molecule has 2 aliphatic rings. The number of Topliss-reactive ketones (excluding diaryl/α,β-unsaturated/α-hetero) is 1. The van der Waals surface area contributed by atoms with Crippen LogP contribution in [0.3, 0.4) is 0 Å². The van der Waals surface area contributed by atoms with Gasteiger partial charge in [0.1, 0.15) is 5.78 Å². The van der Waals surface area contributed by atoms with Gasteiger partial charge < -0.3 is 0 Å². The lowest BCUT2D eigenvalue weighted by Gasteiger charge is -2.06. The van der Waals surface area contributed by atoms with Crippen molar-refractivity contribution in [1.29, 1.82) is 0 Å². The van der Waals surface area contributed by atoms with Crippen LogP contribution in [0.2, 0.25) is 0 Å². The first-order valence-corrected chi connectivity index (χ1v) is 6.17. The molecule has 0 saturated heterocycles. The van der Waals surface area contributed by atoms with Crippen molar-refractivity contribution < 1.29 is 4.79 Å². The molecule has 0 aromatic carbocycles. The van der Waals surface area contributed by atoms with Gasteiger partial charge in [-0.3, -0.25) is 4.79 Å². The minimum atomic E-state index is 0.373. The third kappa shape index (κ3) is 1.90. The zero-order chi connectivity index (χ0) is 10.3. The number of ketones is 1. The summed E-state index contributed by atoms with van der Waals surface area (Å²) >= 11 is 1.66. The van der Waals surface area contributed by atoms with Crippen LogP contribution in [0.1, 0.15) is 38.1 Å². The normalized spacial score (nSPS) is 26.1. The maximum absolute atomic E-state index is 11.1. The van der Waals surface area contributed by atoms with E-state index in [1.807, 2.05) is 4.68 Å². The van der Waals surface area contributed by atoms with Gasteiger partial charge >= 0.3 is 0 Å². The monoisotopic (exact) mass is 224 g/mol. The Morgan fingerprint density at radius 3 is 2.87 bits per heavy atom. The predicted molar refractivity (Wildman–Crippen MR) is 54.6 cm³/mol. The molecule has 1 aromatic heterocycles. The molecular weight excluding hydrogens is 212 g/mol. The third-order valence-electron chi connectivity index (χ3n) is 2.83. The minimum absolute atomic E-state index is 0.373. The summed E-state index contributed by atoms with van der Waals surface area (Å²) in [4.78, 5) is 11.1. The Bertz CT molecular complexity index is 387. The van der Waals surface area contributed by atoms with Gasteiger partial charge in [-0.05, 0) is 29.7 Å². The number of carbonyl (C=O) groups excluding carboxylic acids is 1. The third-order valence-corrected chi connectivity index (χ3v) is 4.04. The van der Waals surface area contributed by atoms with Crippen LogP contribution in [0.5, 0.6) is 0 Å². The standard InChI is InChI=1S/C9H12N4OS/c14-7-3-4-8(5-7)15-9-10-11-12-13(9)6-1-2-6/h6,8H,1-5H2. The molecule has 0 aliphatic heterocycles. The number of thioether (sulfide) groups is 1. The van der Waals surface area contributed by atoms with Crippen molar-refractivity contribution in [2.45, 2.75) is 48.6 Å². The number of nitrogens with zero attached hydrogens (tertiary/aromatic N) is 4. The van der Waals surface area contributed by atoms with Crippen LogP contribution >= 0.6 is 11.8 Å². The molecule has 15 heavy (non-hydrogen) atoms. The molecule has 80 valence electrons. The fourth-order valence-corrected chi connectivity index (χ4v) is 3.02. The molecule has 0 radical (unpaired) electrons. The topological polar surface area (TPSA) is 60.7 Å². The summed E-state index contributed by atoms with van der Waals surface area (Å²) < 4.78 is 1.91. The number of hydrogen-bond donors (Lipinski definition) is 0. The average molecular weight is 224 g/mol. The molecule has 6 heteroatoms. The highest BCUT2D eigenvalue weighted by Gasteiger charge is 2.30. The lowest BCUT2D eigenvalue weighted by molar-refractivity contribution is -0.117. The van der Waals surface area contributed by atoms with Crippen molar-refractivity contribution in [2.75, 3.05) is 0 Å². The lowest BCUT2D eigenvalue weighted by Crippen LogP contribution is -2.03. The summed E-state index contributed by atoms with van der Waals surface area (Å²) in [7, 11) is 0. The highest BCUT2D eigenvalue weighted by atomic mass is 32.2. The molecule has 0 bridgehead atoms. The Morgan fingerprint density at radius 2 is 2.20 bits per heavy atom. The highest BCUT2D eigenvalue weighted by Crippen LogP contribution is 2.39. The molecule has 3 rings (SSSR count).